The van der Waals surface area contributed by atoms with Crippen LogP contribution in [-0.4, -0.2) is 53.6 Å². The molecule has 2 N–H and O–H groups in total. The first-order valence-electron chi connectivity index (χ1n) is 6.98. The second kappa shape index (κ2) is 5.06. The van der Waals surface area contributed by atoms with E-state index >= 15 is 0 Å². The maximum atomic E-state index is 9.68. The highest BCUT2D eigenvalue weighted by atomic mass is 16.8. The molecule has 0 amide bonds. The highest BCUT2D eigenvalue weighted by Gasteiger charge is 2.46. The fourth-order valence-corrected chi connectivity index (χ4v) is 3.17. The third kappa shape index (κ3) is 2.42. The van der Waals surface area contributed by atoms with Crippen molar-refractivity contribution in [2.75, 3.05) is 13.2 Å². The Bertz CT molecular complexity index is 289. The van der Waals surface area contributed by atoms with Crippen LogP contribution in [0.15, 0.2) is 0 Å². The molecule has 3 aliphatic rings. The molecule has 3 fully saturated rings. The van der Waals surface area contributed by atoms with E-state index in [-0.39, 0.29) is 18.8 Å². The molecule has 18 heavy (non-hydrogen) atoms. The molecule has 0 radical (unpaired) electrons. The Hall–Kier alpha value is -0.200. The minimum atomic E-state index is -0.771. The SMILES string of the molecule is O[C@@H]1CO[C@@H]([C@H]2COC3(CCCCC3)O2)C[C@@H]1O. The lowest BCUT2D eigenvalue weighted by molar-refractivity contribution is -0.211. The molecule has 5 heteroatoms. The van der Waals surface area contributed by atoms with Gasteiger partial charge in [-0.15, -0.1) is 0 Å². The summed E-state index contributed by atoms with van der Waals surface area (Å²) in [7, 11) is 0. The maximum absolute atomic E-state index is 9.68. The van der Waals surface area contributed by atoms with Gasteiger partial charge >= 0.3 is 0 Å². The molecule has 0 aromatic rings. The second-order valence-electron chi connectivity index (χ2n) is 5.68. The fraction of sp³-hybridized carbons (Fsp3) is 1.00. The van der Waals surface area contributed by atoms with Gasteiger partial charge in [-0.1, -0.05) is 6.42 Å². The first kappa shape index (κ1) is 12.8. The van der Waals surface area contributed by atoms with Crippen LogP contribution in [0.25, 0.3) is 0 Å². The van der Waals surface area contributed by atoms with E-state index in [1.165, 1.54) is 6.42 Å². The Labute approximate surface area is 107 Å². The van der Waals surface area contributed by atoms with Gasteiger partial charge in [0, 0.05) is 19.3 Å². The summed E-state index contributed by atoms with van der Waals surface area (Å²) in [6.07, 6.45) is 4.15. The third-order valence-electron chi connectivity index (χ3n) is 4.31. The molecule has 3 rings (SSSR count). The van der Waals surface area contributed by atoms with Gasteiger partial charge in [0.15, 0.2) is 5.79 Å². The standard InChI is InChI=1S/C13H22O5/c14-9-6-11(16-7-10(9)15)12-8-17-13(18-12)4-2-1-3-5-13/h9-12,14-15H,1-8H2/t9-,10+,11+,12+/m0/s1. The molecular formula is C13H22O5. The van der Waals surface area contributed by atoms with Crippen molar-refractivity contribution < 1.29 is 24.4 Å². The van der Waals surface area contributed by atoms with Crippen LogP contribution in [0.4, 0.5) is 0 Å². The van der Waals surface area contributed by atoms with Crippen molar-refractivity contribution in [3.63, 3.8) is 0 Å². The third-order valence-corrected chi connectivity index (χ3v) is 4.31. The van der Waals surface area contributed by atoms with E-state index in [1.54, 1.807) is 0 Å². The summed E-state index contributed by atoms with van der Waals surface area (Å²) in [6.45, 7) is 0.714. The molecule has 0 aromatic carbocycles. The number of rotatable bonds is 1. The summed E-state index contributed by atoms with van der Waals surface area (Å²) in [5, 5.41) is 19.1. The lowest BCUT2D eigenvalue weighted by Crippen LogP contribution is -2.47. The van der Waals surface area contributed by atoms with Crippen LogP contribution in [-0.2, 0) is 14.2 Å². The summed E-state index contributed by atoms with van der Waals surface area (Å²) < 4.78 is 17.5. The molecule has 5 nitrogen and oxygen atoms in total. The molecule has 0 unspecified atom stereocenters. The van der Waals surface area contributed by atoms with Crippen LogP contribution in [0, 0.1) is 0 Å². The molecule has 0 bridgehead atoms. The molecule has 1 spiro atoms. The zero-order valence-electron chi connectivity index (χ0n) is 10.6. The normalized spacial score (nSPS) is 44.3. The van der Waals surface area contributed by atoms with E-state index in [0.717, 1.165) is 25.7 Å². The molecule has 4 atom stereocenters. The first-order valence-corrected chi connectivity index (χ1v) is 6.98. The van der Waals surface area contributed by atoms with Gasteiger partial charge in [0.05, 0.1) is 25.4 Å². The lowest BCUT2D eigenvalue weighted by atomic mass is 9.94. The summed E-state index contributed by atoms with van der Waals surface area (Å²) in [6, 6.07) is 0. The predicted molar refractivity (Wildman–Crippen MR) is 63.0 cm³/mol. The molecule has 2 aliphatic heterocycles. The van der Waals surface area contributed by atoms with E-state index in [0.29, 0.717) is 13.0 Å². The zero-order valence-corrected chi connectivity index (χ0v) is 10.6. The Kier molecular flexibility index (Phi) is 3.60. The minimum absolute atomic E-state index is 0.106. The van der Waals surface area contributed by atoms with Crippen LogP contribution in [0.2, 0.25) is 0 Å². The van der Waals surface area contributed by atoms with Crippen LogP contribution < -0.4 is 0 Å². The van der Waals surface area contributed by atoms with Gasteiger partial charge in [0.25, 0.3) is 0 Å². The van der Waals surface area contributed by atoms with Crippen molar-refractivity contribution in [1.82, 2.24) is 0 Å². The number of aliphatic hydroxyl groups is 2. The van der Waals surface area contributed by atoms with Crippen LogP contribution in [0.5, 0.6) is 0 Å². The van der Waals surface area contributed by atoms with Crippen molar-refractivity contribution in [3.05, 3.63) is 0 Å². The molecule has 2 heterocycles. The Morgan fingerprint density at radius 1 is 0.889 bits per heavy atom. The molecule has 104 valence electrons. The number of aliphatic hydroxyl groups excluding tert-OH is 2. The summed E-state index contributed by atoms with van der Waals surface area (Å²) in [5.41, 5.74) is 0. The smallest absolute Gasteiger partial charge is 0.169 e. The van der Waals surface area contributed by atoms with Crippen molar-refractivity contribution >= 4 is 0 Å². The minimum Gasteiger partial charge on any atom is -0.390 e. The largest absolute Gasteiger partial charge is 0.390 e. The highest BCUT2D eigenvalue weighted by molar-refractivity contribution is 4.89. The van der Waals surface area contributed by atoms with Crippen molar-refractivity contribution in [1.29, 1.82) is 0 Å². The van der Waals surface area contributed by atoms with Gasteiger partial charge in [-0.3, -0.25) is 0 Å². The van der Waals surface area contributed by atoms with Crippen molar-refractivity contribution in [2.24, 2.45) is 0 Å². The van der Waals surface area contributed by atoms with Crippen LogP contribution >= 0.6 is 0 Å². The fourth-order valence-electron chi connectivity index (χ4n) is 3.17. The average Bonchev–Trinajstić information content (AvgIpc) is 2.78. The summed E-state index contributed by atoms with van der Waals surface area (Å²) >= 11 is 0. The van der Waals surface area contributed by atoms with E-state index < -0.39 is 18.0 Å². The average molecular weight is 258 g/mol. The lowest BCUT2D eigenvalue weighted by Gasteiger charge is -2.35. The number of hydrogen-bond donors (Lipinski definition) is 2. The van der Waals surface area contributed by atoms with Gasteiger partial charge in [-0.25, -0.2) is 0 Å². The number of ether oxygens (including phenoxy) is 3. The highest BCUT2D eigenvalue weighted by Crippen LogP contribution is 2.39. The molecular weight excluding hydrogens is 236 g/mol. The van der Waals surface area contributed by atoms with E-state index in [9.17, 15) is 10.2 Å². The Morgan fingerprint density at radius 3 is 2.39 bits per heavy atom. The topological polar surface area (TPSA) is 68.2 Å². The molecule has 0 aromatic heterocycles. The zero-order chi connectivity index (χ0) is 12.6. The van der Waals surface area contributed by atoms with Gasteiger partial charge in [-0.2, -0.15) is 0 Å². The van der Waals surface area contributed by atoms with Gasteiger partial charge in [0.1, 0.15) is 12.2 Å². The van der Waals surface area contributed by atoms with Crippen LogP contribution in [0.3, 0.4) is 0 Å². The van der Waals surface area contributed by atoms with Gasteiger partial charge < -0.3 is 24.4 Å². The van der Waals surface area contributed by atoms with E-state index in [2.05, 4.69) is 0 Å². The Morgan fingerprint density at radius 2 is 1.67 bits per heavy atom. The van der Waals surface area contributed by atoms with Gasteiger partial charge in [-0.05, 0) is 12.8 Å². The molecule has 2 saturated heterocycles. The maximum Gasteiger partial charge on any atom is 0.169 e. The summed E-state index contributed by atoms with van der Waals surface area (Å²) in [4.78, 5) is 0. The second-order valence-corrected chi connectivity index (χ2v) is 5.68. The summed E-state index contributed by atoms with van der Waals surface area (Å²) in [5.74, 6) is -0.396. The van der Waals surface area contributed by atoms with Crippen molar-refractivity contribution in [2.45, 2.75) is 68.7 Å². The van der Waals surface area contributed by atoms with E-state index in [1.807, 2.05) is 0 Å². The quantitative estimate of drug-likeness (QED) is 0.720. The predicted octanol–water partition coefficient (Wildman–Crippen LogP) is 0.573. The molecule has 1 saturated carbocycles. The number of hydrogen-bond acceptors (Lipinski definition) is 5. The molecule has 1 aliphatic carbocycles. The Balaban J connectivity index is 1.58. The van der Waals surface area contributed by atoms with E-state index in [4.69, 9.17) is 14.2 Å². The van der Waals surface area contributed by atoms with Gasteiger partial charge in [0.2, 0.25) is 0 Å². The first-order chi connectivity index (χ1) is 8.69. The monoisotopic (exact) mass is 258 g/mol. The van der Waals surface area contributed by atoms with Crippen molar-refractivity contribution in [3.8, 4) is 0 Å². The van der Waals surface area contributed by atoms with Crippen LogP contribution in [0.1, 0.15) is 38.5 Å².